The van der Waals surface area contributed by atoms with Crippen LogP contribution >= 0.6 is 11.3 Å². The maximum atomic E-state index is 13.1. The number of halogens is 1. The molecular formula is C20H22FN5O2S. The van der Waals surface area contributed by atoms with E-state index < -0.39 is 6.04 Å². The van der Waals surface area contributed by atoms with E-state index in [9.17, 15) is 14.0 Å². The van der Waals surface area contributed by atoms with E-state index in [1.165, 1.54) is 29.7 Å². The monoisotopic (exact) mass is 415 g/mol. The predicted octanol–water partition coefficient (Wildman–Crippen LogP) is 3.76. The van der Waals surface area contributed by atoms with Crippen LogP contribution in [0.15, 0.2) is 36.5 Å². The number of aromatic amines is 1. The van der Waals surface area contributed by atoms with Crippen molar-refractivity contribution in [3.63, 3.8) is 0 Å². The van der Waals surface area contributed by atoms with Crippen LogP contribution in [-0.2, 0) is 4.79 Å². The van der Waals surface area contributed by atoms with Crippen LogP contribution in [-0.4, -0.2) is 33.0 Å². The Morgan fingerprint density at radius 2 is 1.93 bits per heavy atom. The fourth-order valence-corrected chi connectivity index (χ4v) is 3.77. The topological polar surface area (TPSA) is 99.8 Å². The molecule has 0 saturated carbocycles. The first kappa shape index (κ1) is 20.7. The molecule has 0 aliphatic rings. The molecule has 0 fully saturated rings. The highest BCUT2D eigenvalue weighted by atomic mass is 32.1. The first-order chi connectivity index (χ1) is 13.8. The van der Waals surface area contributed by atoms with Crippen LogP contribution < -0.4 is 10.6 Å². The molecule has 0 bridgehead atoms. The van der Waals surface area contributed by atoms with Gasteiger partial charge in [-0.3, -0.25) is 14.7 Å². The average Bonchev–Trinajstić information content (AvgIpc) is 3.31. The van der Waals surface area contributed by atoms with Gasteiger partial charge < -0.3 is 10.6 Å². The third-order valence-electron chi connectivity index (χ3n) is 4.18. The molecular weight excluding hydrogens is 393 g/mol. The molecule has 3 rings (SSSR count). The zero-order valence-electron chi connectivity index (χ0n) is 16.3. The van der Waals surface area contributed by atoms with Gasteiger partial charge in [0.25, 0.3) is 5.91 Å². The highest BCUT2D eigenvalue weighted by molar-refractivity contribution is 7.17. The van der Waals surface area contributed by atoms with Gasteiger partial charge in [0, 0.05) is 11.6 Å². The Morgan fingerprint density at radius 3 is 2.55 bits per heavy atom. The molecule has 0 radical (unpaired) electrons. The van der Waals surface area contributed by atoms with Gasteiger partial charge in [-0.2, -0.15) is 5.10 Å². The molecule has 2 amide bonds. The van der Waals surface area contributed by atoms with Gasteiger partial charge in [0.05, 0.1) is 11.9 Å². The zero-order valence-corrected chi connectivity index (χ0v) is 17.1. The molecule has 29 heavy (non-hydrogen) atoms. The van der Waals surface area contributed by atoms with Crippen molar-refractivity contribution in [1.29, 1.82) is 0 Å². The highest BCUT2D eigenvalue weighted by Gasteiger charge is 2.25. The Kier molecular flexibility index (Phi) is 6.38. The number of benzene rings is 1. The minimum atomic E-state index is -0.707. The van der Waals surface area contributed by atoms with E-state index in [1.54, 1.807) is 25.1 Å². The summed E-state index contributed by atoms with van der Waals surface area (Å²) in [6.45, 7) is 5.70. The highest BCUT2D eigenvalue weighted by Crippen LogP contribution is 2.28. The first-order valence-corrected chi connectivity index (χ1v) is 9.99. The van der Waals surface area contributed by atoms with Crippen LogP contribution in [0.5, 0.6) is 0 Å². The van der Waals surface area contributed by atoms with Crippen LogP contribution in [0, 0.1) is 18.7 Å². The number of anilines is 1. The molecule has 2 aromatic heterocycles. The molecule has 152 valence electrons. The van der Waals surface area contributed by atoms with E-state index in [0.717, 1.165) is 5.56 Å². The van der Waals surface area contributed by atoms with Crippen molar-refractivity contribution in [1.82, 2.24) is 20.5 Å². The number of nitrogens with zero attached hydrogens (tertiary/aromatic N) is 2. The van der Waals surface area contributed by atoms with Crippen molar-refractivity contribution >= 4 is 29.0 Å². The largest absolute Gasteiger partial charge is 0.339 e. The number of hydrogen-bond acceptors (Lipinski definition) is 5. The number of aromatic nitrogens is 3. The Labute approximate surface area is 171 Å². The summed E-state index contributed by atoms with van der Waals surface area (Å²) in [6, 6.07) is 6.87. The Morgan fingerprint density at radius 1 is 1.21 bits per heavy atom. The summed E-state index contributed by atoms with van der Waals surface area (Å²) in [4.78, 5) is 30.3. The molecule has 0 aliphatic carbocycles. The van der Waals surface area contributed by atoms with Crippen molar-refractivity contribution < 1.29 is 14.0 Å². The third kappa shape index (κ3) is 5.26. The number of rotatable bonds is 7. The normalized spacial score (nSPS) is 12.0. The van der Waals surface area contributed by atoms with Crippen LogP contribution in [0.2, 0.25) is 0 Å². The lowest BCUT2D eigenvalue weighted by Gasteiger charge is -2.19. The van der Waals surface area contributed by atoms with E-state index >= 15 is 0 Å². The van der Waals surface area contributed by atoms with E-state index in [2.05, 4.69) is 25.8 Å². The minimum absolute atomic E-state index is 0.199. The lowest BCUT2D eigenvalue weighted by molar-refractivity contribution is -0.118. The molecule has 1 atom stereocenters. The van der Waals surface area contributed by atoms with Crippen molar-refractivity contribution in [3.05, 3.63) is 52.9 Å². The van der Waals surface area contributed by atoms with Crippen molar-refractivity contribution in [2.45, 2.75) is 33.2 Å². The van der Waals surface area contributed by atoms with Gasteiger partial charge in [-0.15, -0.1) is 11.3 Å². The van der Waals surface area contributed by atoms with Crippen molar-refractivity contribution in [3.8, 4) is 10.6 Å². The standard InChI is InChI=1S/C20H22FN5O2S/c1-11(2)10-15(18(27)25-16-8-9-22-26-16)24-19(28)17-12(3)23-20(29-17)13-4-6-14(21)7-5-13/h4-9,11,15H,10H2,1-3H3,(H,24,28)(H2,22,25,26,27). The molecule has 1 aromatic carbocycles. The lowest BCUT2D eigenvalue weighted by atomic mass is 10.0. The van der Waals surface area contributed by atoms with Gasteiger partial charge >= 0.3 is 0 Å². The van der Waals surface area contributed by atoms with Crippen molar-refractivity contribution in [2.75, 3.05) is 5.32 Å². The molecule has 9 heteroatoms. The Hall–Kier alpha value is -3.07. The number of aryl methyl sites for hydroxylation is 1. The number of H-pyrrole nitrogens is 1. The van der Waals surface area contributed by atoms with E-state index in [4.69, 9.17) is 0 Å². The van der Waals surface area contributed by atoms with Crippen LogP contribution in [0.1, 0.15) is 35.6 Å². The zero-order chi connectivity index (χ0) is 21.0. The molecule has 7 nitrogen and oxygen atoms in total. The molecule has 0 saturated heterocycles. The third-order valence-corrected chi connectivity index (χ3v) is 5.39. The summed E-state index contributed by atoms with van der Waals surface area (Å²) in [6.07, 6.45) is 2.01. The minimum Gasteiger partial charge on any atom is -0.339 e. The fraction of sp³-hybridized carbons (Fsp3) is 0.300. The molecule has 2 heterocycles. The smallest absolute Gasteiger partial charge is 0.263 e. The second-order valence-electron chi connectivity index (χ2n) is 7.06. The van der Waals surface area contributed by atoms with Gasteiger partial charge in [0.1, 0.15) is 27.6 Å². The lowest BCUT2D eigenvalue weighted by Crippen LogP contribution is -2.44. The molecule has 1 unspecified atom stereocenters. The maximum absolute atomic E-state index is 13.1. The van der Waals surface area contributed by atoms with Crippen LogP contribution in [0.3, 0.4) is 0 Å². The van der Waals surface area contributed by atoms with Gasteiger partial charge in [0.2, 0.25) is 5.91 Å². The van der Waals surface area contributed by atoms with Crippen molar-refractivity contribution in [2.24, 2.45) is 5.92 Å². The van der Waals surface area contributed by atoms with Crippen LogP contribution in [0.25, 0.3) is 10.6 Å². The summed E-state index contributed by atoms with van der Waals surface area (Å²) >= 11 is 1.21. The number of carbonyl (C=O) groups excluding carboxylic acids is 2. The molecule has 3 aromatic rings. The summed E-state index contributed by atoms with van der Waals surface area (Å²) in [5.41, 5.74) is 1.29. The summed E-state index contributed by atoms with van der Waals surface area (Å²) in [7, 11) is 0. The summed E-state index contributed by atoms with van der Waals surface area (Å²) < 4.78 is 13.1. The summed E-state index contributed by atoms with van der Waals surface area (Å²) in [5.74, 6) is -0.355. The van der Waals surface area contributed by atoms with E-state index in [-0.39, 0.29) is 23.5 Å². The number of amides is 2. The molecule has 0 aliphatic heterocycles. The predicted molar refractivity (Wildman–Crippen MR) is 110 cm³/mol. The molecule has 3 N–H and O–H groups in total. The summed E-state index contributed by atoms with van der Waals surface area (Å²) in [5, 5.41) is 12.6. The van der Waals surface area contributed by atoms with Gasteiger partial charge in [-0.25, -0.2) is 9.37 Å². The Balaban J connectivity index is 1.76. The van der Waals surface area contributed by atoms with Crippen LogP contribution in [0.4, 0.5) is 10.2 Å². The molecule has 0 spiro atoms. The number of carbonyl (C=O) groups is 2. The van der Waals surface area contributed by atoms with E-state index in [1.807, 2.05) is 13.8 Å². The SMILES string of the molecule is Cc1nc(-c2ccc(F)cc2)sc1C(=O)NC(CC(C)C)C(=O)Nc1ccn[nH]1. The Bertz CT molecular complexity index is 983. The fourth-order valence-electron chi connectivity index (χ4n) is 2.80. The second-order valence-corrected chi connectivity index (χ2v) is 8.05. The van der Waals surface area contributed by atoms with E-state index in [0.29, 0.717) is 27.8 Å². The first-order valence-electron chi connectivity index (χ1n) is 9.18. The maximum Gasteiger partial charge on any atom is 0.263 e. The number of nitrogens with one attached hydrogen (secondary N) is 3. The second kappa shape index (κ2) is 8.95. The quantitative estimate of drug-likeness (QED) is 0.547. The number of thiazole rings is 1. The number of hydrogen-bond donors (Lipinski definition) is 3. The van der Waals surface area contributed by atoms with Gasteiger partial charge in [-0.05, 0) is 43.5 Å². The van der Waals surface area contributed by atoms with Gasteiger partial charge in [-0.1, -0.05) is 13.8 Å². The average molecular weight is 415 g/mol. The van der Waals surface area contributed by atoms with Gasteiger partial charge in [0.15, 0.2) is 0 Å².